The van der Waals surface area contributed by atoms with E-state index in [1.54, 1.807) is 28.5 Å². The highest BCUT2D eigenvalue weighted by atomic mass is 32.1. The molecule has 1 aliphatic rings. The van der Waals surface area contributed by atoms with Gasteiger partial charge in [-0.1, -0.05) is 0 Å². The Bertz CT molecular complexity index is 1060. The first kappa shape index (κ1) is 20.3. The van der Waals surface area contributed by atoms with Gasteiger partial charge in [0.25, 0.3) is 0 Å². The zero-order valence-electron chi connectivity index (χ0n) is 15.6. The molecule has 1 atom stereocenters. The monoisotopic (exact) mass is 448 g/mol. The van der Waals surface area contributed by atoms with Crippen molar-refractivity contribution in [2.24, 2.45) is 0 Å². The zero-order chi connectivity index (χ0) is 21.1. The van der Waals surface area contributed by atoms with Gasteiger partial charge in [-0.25, -0.2) is 23.8 Å². The van der Waals surface area contributed by atoms with Gasteiger partial charge in [0.1, 0.15) is 29.6 Å². The quantitative estimate of drug-likeness (QED) is 0.536. The largest absolute Gasteiger partial charge is 0.442 e. The van der Waals surface area contributed by atoms with E-state index in [1.807, 2.05) is 0 Å². The van der Waals surface area contributed by atoms with Gasteiger partial charge < -0.3 is 10.1 Å². The summed E-state index contributed by atoms with van der Waals surface area (Å²) in [4.78, 5) is 33.1. The number of nitrogens with one attached hydrogen (secondary N) is 1. The van der Waals surface area contributed by atoms with E-state index in [2.05, 4.69) is 33.0 Å². The molecule has 1 unspecified atom stereocenters. The molecule has 0 bridgehead atoms. The lowest BCUT2D eigenvalue weighted by atomic mass is 10.1. The Kier molecular flexibility index (Phi) is 5.95. The Balaban J connectivity index is 1.45. The number of carbonyl (C=O) groups is 2. The molecule has 0 aliphatic carbocycles. The summed E-state index contributed by atoms with van der Waals surface area (Å²) >= 11 is 5.28. The van der Waals surface area contributed by atoms with Crippen LogP contribution in [0.1, 0.15) is 5.01 Å². The predicted octanol–water partition coefficient (Wildman–Crippen LogP) is 1.96. The molecule has 156 valence electrons. The van der Waals surface area contributed by atoms with E-state index < -0.39 is 18.0 Å². The number of hydrogen-bond acceptors (Lipinski definition) is 8. The van der Waals surface area contributed by atoms with Crippen molar-refractivity contribution in [3.63, 3.8) is 0 Å². The van der Waals surface area contributed by atoms with Crippen LogP contribution in [-0.2, 0) is 16.1 Å². The number of carbonyl (C=O) groups excluding carboxylic acids is 2. The fourth-order valence-corrected chi connectivity index (χ4v) is 3.86. The average molecular weight is 449 g/mol. The Morgan fingerprint density at radius 1 is 1.43 bits per heavy atom. The highest BCUT2D eigenvalue weighted by Gasteiger charge is 2.33. The van der Waals surface area contributed by atoms with Crippen molar-refractivity contribution in [2.75, 3.05) is 23.7 Å². The van der Waals surface area contributed by atoms with Gasteiger partial charge in [-0.15, -0.1) is 11.3 Å². The second-order valence-electron chi connectivity index (χ2n) is 6.46. The first-order chi connectivity index (χ1) is 14.5. The average Bonchev–Trinajstić information content (AvgIpc) is 3.48. The second-order valence-corrected chi connectivity index (χ2v) is 7.72. The first-order valence-corrected chi connectivity index (χ1v) is 10.5. The van der Waals surface area contributed by atoms with Gasteiger partial charge in [0.15, 0.2) is 0 Å². The lowest BCUT2D eigenvalue weighted by Gasteiger charge is -2.14. The van der Waals surface area contributed by atoms with Gasteiger partial charge >= 0.3 is 6.09 Å². The minimum atomic E-state index is -0.587. The summed E-state index contributed by atoms with van der Waals surface area (Å²) < 4.78 is 21.7. The van der Waals surface area contributed by atoms with Crippen molar-refractivity contribution < 1.29 is 18.7 Å². The third-order valence-electron chi connectivity index (χ3n) is 4.40. The van der Waals surface area contributed by atoms with Crippen molar-refractivity contribution in [1.82, 2.24) is 25.1 Å². The summed E-state index contributed by atoms with van der Waals surface area (Å²) in [5.74, 6) is -0.701. The van der Waals surface area contributed by atoms with Gasteiger partial charge in [-0.2, -0.15) is 17.7 Å². The molecule has 30 heavy (non-hydrogen) atoms. The number of halogens is 1. The Morgan fingerprint density at radius 2 is 2.30 bits per heavy atom. The van der Waals surface area contributed by atoms with Gasteiger partial charge in [0.05, 0.1) is 36.8 Å². The molecular formula is C18H17FN6O3S2. The summed E-state index contributed by atoms with van der Waals surface area (Å²) in [6.45, 7) is 0.841. The predicted molar refractivity (Wildman–Crippen MR) is 111 cm³/mol. The molecule has 1 aromatic carbocycles. The van der Waals surface area contributed by atoms with Gasteiger partial charge in [-0.05, 0) is 18.2 Å². The van der Waals surface area contributed by atoms with Crippen LogP contribution in [0.5, 0.6) is 0 Å². The number of ether oxygens (including phenoxy) is 1. The number of benzene rings is 1. The molecule has 0 saturated carbocycles. The number of thiol groups is 1. The number of aromatic nitrogens is 4. The maximum atomic E-state index is 14.8. The maximum Gasteiger partial charge on any atom is 0.414 e. The molecule has 2 amide bonds. The lowest BCUT2D eigenvalue weighted by molar-refractivity contribution is -0.118. The standard InChI is InChI=1S/C18H17FN6O3S2/c19-14-3-11(25-5-12(28-18(25)27)4-21-16(26)7-29)1-2-13(14)15-8-30-17(23-15)6-24-10-20-9-22-24/h1-3,8-10,12,29H,4-7H2,(H,21,26). The maximum absolute atomic E-state index is 14.8. The Hall–Kier alpha value is -2.99. The highest BCUT2D eigenvalue weighted by Crippen LogP contribution is 2.30. The molecule has 0 radical (unpaired) electrons. The smallest absolute Gasteiger partial charge is 0.414 e. The highest BCUT2D eigenvalue weighted by molar-refractivity contribution is 7.81. The molecule has 4 rings (SSSR count). The minimum absolute atomic E-state index is 0.0498. The van der Waals surface area contributed by atoms with Crippen LogP contribution in [0.25, 0.3) is 11.3 Å². The van der Waals surface area contributed by atoms with Gasteiger partial charge in [-0.3, -0.25) is 9.69 Å². The summed E-state index contributed by atoms with van der Waals surface area (Å²) in [6, 6.07) is 4.51. The van der Waals surface area contributed by atoms with E-state index in [-0.39, 0.29) is 24.7 Å². The summed E-state index contributed by atoms with van der Waals surface area (Å²) in [5, 5.41) is 9.19. The number of amides is 2. The molecule has 1 fully saturated rings. The van der Waals surface area contributed by atoms with E-state index in [4.69, 9.17) is 4.74 Å². The molecular weight excluding hydrogens is 431 g/mol. The van der Waals surface area contributed by atoms with Crippen LogP contribution in [0, 0.1) is 5.82 Å². The Labute approximate surface area is 180 Å². The van der Waals surface area contributed by atoms with Crippen LogP contribution in [0.4, 0.5) is 14.9 Å². The fraction of sp³-hybridized carbons (Fsp3) is 0.278. The molecule has 3 heterocycles. The van der Waals surface area contributed by atoms with Crippen molar-refractivity contribution >= 4 is 41.7 Å². The Morgan fingerprint density at radius 3 is 3.03 bits per heavy atom. The van der Waals surface area contributed by atoms with E-state index in [9.17, 15) is 14.0 Å². The number of thiazole rings is 1. The number of anilines is 1. The molecule has 0 spiro atoms. The molecule has 3 aromatic rings. The SMILES string of the molecule is O=C(CS)NCC1CN(c2ccc(-c3csc(Cn4cncn4)n3)c(F)c2)C(=O)O1. The topological polar surface area (TPSA) is 102 Å². The van der Waals surface area contributed by atoms with Crippen LogP contribution < -0.4 is 10.2 Å². The number of rotatable bonds is 7. The molecule has 1 aliphatic heterocycles. The molecule has 1 saturated heterocycles. The summed E-state index contributed by atoms with van der Waals surface area (Å²) in [5.41, 5.74) is 1.22. The number of cyclic esters (lactones) is 1. The van der Waals surface area contributed by atoms with E-state index in [0.717, 1.165) is 5.01 Å². The fourth-order valence-electron chi connectivity index (χ4n) is 2.96. The van der Waals surface area contributed by atoms with E-state index >= 15 is 0 Å². The number of nitrogens with zero attached hydrogens (tertiary/aromatic N) is 5. The molecule has 2 aromatic heterocycles. The first-order valence-electron chi connectivity index (χ1n) is 8.96. The van der Waals surface area contributed by atoms with Crippen LogP contribution >= 0.6 is 24.0 Å². The minimum Gasteiger partial charge on any atom is -0.442 e. The van der Waals surface area contributed by atoms with Crippen molar-refractivity contribution in [3.8, 4) is 11.3 Å². The summed E-state index contributed by atoms with van der Waals surface area (Å²) in [6.07, 6.45) is 1.93. The second kappa shape index (κ2) is 8.79. The van der Waals surface area contributed by atoms with Gasteiger partial charge in [0.2, 0.25) is 5.91 Å². The third kappa shape index (κ3) is 4.44. The van der Waals surface area contributed by atoms with Crippen molar-refractivity contribution in [2.45, 2.75) is 12.6 Å². The third-order valence-corrected chi connectivity index (χ3v) is 5.52. The number of hydrogen-bond donors (Lipinski definition) is 2. The van der Waals surface area contributed by atoms with E-state index in [0.29, 0.717) is 23.5 Å². The molecule has 1 N–H and O–H groups in total. The molecule has 9 nitrogen and oxygen atoms in total. The zero-order valence-corrected chi connectivity index (χ0v) is 17.3. The van der Waals surface area contributed by atoms with Crippen LogP contribution in [0.3, 0.4) is 0 Å². The van der Waals surface area contributed by atoms with Crippen LogP contribution in [0.2, 0.25) is 0 Å². The van der Waals surface area contributed by atoms with Crippen molar-refractivity contribution in [1.29, 1.82) is 0 Å². The van der Waals surface area contributed by atoms with Crippen LogP contribution in [0.15, 0.2) is 36.2 Å². The van der Waals surface area contributed by atoms with Crippen molar-refractivity contribution in [3.05, 3.63) is 47.1 Å². The normalized spacial score (nSPS) is 16.0. The van der Waals surface area contributed by atoms with Gasteiger partial charge in [0, 0.05) is 10.9 Å². The van der Waals surface area contributed by atoms with E-state index in [1.165, 1.54) is 28.6 Å². The molecule has 12 heteroatoms. The lowest BCUT2D eigenvalue weighted by Crippen LogP contribution is -2.35. The summed E-state index contributed by atoms with van der Waals surface area (Å²) in [7, 11) is 0. The van der Waals surface area contributed by atoms with Crippen LogP contribution in [-0.4, -0.2) is 56.7 Å².